The number of halogens is 1. The Bertz CT molecular complexity index is 637. The molecule has 0 radical (unpaired) electrons. The highest BCUT2D eigenvalue weighted by Gasteiger charge is 2.37. The first-order valence-corrected chi connectivity index (χ1v) is 8.21. The number of rotatable bonds is 3. The normalized spacial score (nSPS) is 18.5. The molecule has 2 aliphatic rings. The van der Waals surface area contributed by atoms with Crippen molar-refractivity contribution in [3.8, 4) is 0 Å². The van der Waals surface area contributed by atoms with Crippen LogP contribution in [-0.2, 0) is 9.53 Å². The second-order valence-electron chi connectivity index (χ2n) is 5.64. The van der Waals surface area contributed by atoms with Crippen LogP contribution in [0.2, 0.25) is 0 Å². The highest BCUT2D eigenvalue weighted by Crippen LogP contribution is 2.26. The van der Waals surface area contributed by atoms with E-state index in [1.165, 1.54) is 6.42 Å². The molecule has 0 unspecified atom stereocenters. The molecule has 0 aromatic heterocycles. The van der Waals surface area contributed by atoms with E-state index in [1.54, 1.807) is 18.2 Å². The van der Waals surface area contributed by atoms with E-state index in [9.17, 15) is 14.4 Å². The van der Waals surface area contributed by atoms with Crippen molar-refractivity contribution in [1.82, 2.24) is 4.90 Å². The van der Waals surface area contributed by atoms with Gasteiger partial charge in [-0.25, -0.2) is 0 Å². The maximum atomic E-state index is 12.3. The first-order valence-electron chi connectivity index (χ1n) is 7.41. The zero-order chi connectivity index (χ0) is 15.7. The average molecular weight is 366 g/mol. The molecule has 1 aromatic carbocycles. The van der Waals surface area contributed by atoms with E-state index in [0.717, 1.165) is 35.1 Å². The molecule has 116 valence electrons. The van der Waals surface area contributed by atoms with E-state index >= 15 is 0 Å². The second kappa shape index (κ2) is 6.20. The van der Waals surface area contributed by atoms with E-state index in [1.807, 2.05) is 0 Å². The van der Waals surface area contributed by atoms with Gasteiger partial charge in [-0.3, -0.25) is 19.3 Å². The lowest BCUT2D eigenvalue weighted by atomic mass is 9.98. The van der Waals surface area contributed by atoms with E-state index in [0.29, 0.717) is 11.1 Å². The summed E-state index contributed by atoms with van der Waals surface area (Å²) < 4.78 is 6.10. The molecule has 1 saturated carbocycles. The Labute approximate surface area is 136 Å². The quantitative estimate of drug-likeness (QED) is 0.610. The fourth-order valence-electron chi connectivity index (χ4n) is 2.94. The van der Waals surface area contributed by atoms with Gasteiger partial charge in [0.25, 0.3) is 11.8 Å². The number of carbonyl (C=O) groups is 3. The molecule has 0 N–H and O–H groups in total. The van der Waals surface area contributed by atoms with Gasteiger partial charge in [0.1, 0.15) is 12.6 Å². The van der Waals surface area contributed by atoms with E-state index < -0.39 is 17.8 Å². The molecular formula is C16H16BrNO4. The van der Waals surface area contributed by atoms with Gasteiger partial charge in [0, 0.05) is 4.47 Å². The number of imide groups is 1. The topological polar surface area (TPSA) is 63.7 Å². The number of ether oxygens (including phenoxy) is 1. The van der Waals surface area contributed by atoms with E-state index in [2.05, 4.69) is 15.9 Å². The van der Waals surface area contributed by atoms with E-state index in [-0.39, 0.29) is 12.6 Å². The summed E-state index contributed by atoms with van der Waals surface area (Å²) in [5.41, 5.74) is 0.656. The lowest BCUT2D eigenvalue weighted by Crippen LogP contribution is -2.37. The molecule has 22 heavy (non-hydrogen) atoms. The number of nitrogens with zero attached hydrogens (tertiary/aromatic N) is 1. The largest absolute Gasteiger partial charge is 0.461 e. The van der Waals surface area contributed by atoms with Crippen molar-refractivity contribution in [2.75, 3.05) is 6.54 Å². The minimum Gasteiger partial charge on any atom is -0.461 e. The molecule has 5 nitrogen and oxygen atoms in total. The lowest BCUT2D eigenvalue weighted by molar-refractivity contribution is -0.150. The predicted molar refractivity (Wildman–Crippen MR) is 82.5 cm³/mol. The summed E-state index contributed by atoms with van der Waals surface area (Å²) in [4.78, 5) is 37.5. The summed E-state index contributed by atoms with van der Waals surface area (Å²) in [6.45, 7) is -0.319. The van der Waals surface area contributed by atoms with Gasteiger partial charge in [-0.15, -0.1) is 0 Å². The monoisotopic (exact) mass is 365 g/mol. The molecule has 1 aromatic rings. The first kappa shape index (κ1) is 15.2. The lowest BCUT2D eigenvalue weighted by Gasteiger charge is -2.23. The molecular weight excluding hydrogens is 350 g/mol. The molecule has 0 spiro atoms. The summed E-state index contributed by atoms with van der Waals surface area (Å²) in [6.07, 6.45) is 4.92. The summed E-state index contributed by atoms with van der Waals surface area (Å²) >= 11 is 3.28. The van der Waals surface area contributed by atoms with Gasteiger partial charge in [0.15, 0.2) is 0 Å². The van der Waals surface area contributed by atoms with Gasteiger partial charge in [0.05, 0.1) is 11.1 Å². The smallest absolute Gasteiger partial charge is 0.326 e. The van der Waals surface area contributed by atoms with E-state index in [4.69, 9.17) is 4.74 Å². The molecule has 0 saturated heterocycles. The number of carbonyl (C=O) groups excluding carboxylic acids is 3. The first-order chi connectivity index (χ1) is 10.6. The Morgan fingerprint density at radius 2 is 1.82 bits per heavy atom. The van der Waals surface area contributed by atoms with Crippen molar-refractivity contribution in [2.45, 2.75) is 38.2 Å². The van der Waals surface area contributed by atoms with Crippen LogP contribution in [0.5, 0.6) is 0 Å². The Morgan fingerprint density at radius 1 is 1.14 bits per heavy atom. The van der Waals surface area contributed by atoms with Gasteiger partial charge in [-0.1, -0.05) is 22.4 Å². The number of benzene rings is 1. The molecule has 0 bridgehead atoms. The van der Waals surface area contributed by atoms with Crippen LogP contribution in [0.25, 0.3) is 0 Å². The van der Waals surface area contributed by atoms with Crippen LogP contribution in [0.4, 0.5) is 0 Å². The Morgan fingerprint density at radius 3 is 2.55 bits per heavy atom. The number of amides is 2. The Balaban J connectivity index is 1.67. The van der Waals surface area contributed by atoms with Crippen LogP contribution in [-0.4, -0.2) is 35.3 Å². The molecule has 0 atom stereocenters. The van der Waals surface area contributed by atoms with Gasteiger partial charge in [0.2, 0.25) is 0 Å². The van der Waals surface area contributed by atoms with Crippen molar-refractivity contribution >= 4 is 33.7 Å². The molecule has 3 rings (SSSR count). The van der Waals surface area contributed by atoms with Crippen molar-refractivity contribution in [3.05, 3.63) is 33.8 Å². The fourth-order valence-corrected chi connectivity index (χ4v) is 3.30. The van der Waals surface area contributed by atoms with Crippen LogP contribution in [0.15, 0.2) is 22.7 Å². The van der Waals surface area contributed by atoms with Crippen LogP contribution in [0.3, 0.4) is 0 Å². The average Bonchev–Trinajstić information content (AvgIpc) is 2.73. The van der Waals surface area contributed by atoms with Crippen LogP contribution in [0, 0.1) is 0 Å². The molecule has 1 aliphatic carbocycles. The van der Waals surface area contributed by atoms with Gasteiger partial charge >= 0.3 is 5.97 Å². The minimum atomic E-state index is -0.513. The number of hydrogen-bond acceptors (Lipinski definition) is 4. The van der Waals surface area contributed by atoms with Crippen molar-refractivity contribution in [2.24, 2.45) is 0 Å². The Hall–Kier alpha value is -1.69. The zero-order valence-electron chi connectivity index (χ0n) is 12.0. The maximum Gasteiger partial charge on any atom is 0.326 e. The zero-order valence-corrected chi connectivity index (χ0v) is 13.6. The number of esters is 1. The number of hydrogen-bond donors (Lipinski definition) is 0. The van der Waals surface area contributed by atoms with Gasteiger partial charge in [-0.05, 0) is 43.9 Å². The molecule has 1 heterocycles. The molecule has 6 heteroatoms. The summed E-state index contributed by atoms with van der Waals surface area (Å²) in [6, 6.07) is 4.89. The van der Waals surface area contributed by atoms with Crippen LogP contribution in [0.1, 0.15) is 52.8 Å². The Kier molecular flexibility index (Phi) is 4.29. The van der Waals surface area contributed by atoms with Crippen molar-refractivity contribution in [1.29, 1.82) is 0 Å². The van der Waals surface area contributed by atoms with Gasteiger partial charge < -0.3 is 4.74 Å². The summed E-state index contributed by atoms with van der Waals surface area (Å²) in [5, 5.41) is 0. The van der Waals surface area contributed by atoms with Gasteiger partial charge in [-0.2, -0.15) is 0 Å². The highest BCUT2D eigenvalue weighted by molar-refractivity contribution is 9.10. The SMILES string of the molecule is O=C(CN1C(=O)c2ccc(Br)cc2C1=O)OC1CCCCC1. The fraction of sp³-hybridized carbons (Fsp3) is 0.438. The molecule has 2 amide bonds. The third-order valence-corrected chi connectivity index (χ3v) is 4.56. The predicted octanol–water partition coefficient (Wildman–Crippen LogP) is 2.92. The van der Waals surface area contributed by atoms with Crippen LogP contribution < -0.4 is 0 Å². The molecule has 1 fully saturated rings. The minimum absolute atomic E-state index is 0.0782. The summed E-state index contributed by atoms with van der Waals surface area (Å²) in [5.74, 6) is -1.39. The van der Waals surface area contributed by atoms with Crippen LogP contribution >= 0.6 is 15.9 Å². The van der Waals surface area contributed by atoms with Crippen molar-refractivity contribution in [3.63, 3.8) is 0 Å². The maximum absolute atomic E-state index is 12.3. The summed E-state index contributed by atoms with van der Waals surface area (Å²) in [7, 11) is 0. The number of fused-ring (bicyclic) bond motifs is 1. The van der Waals surface area contributed by atoms with Crippen molar-refractivity contribution < 1.29 is 19.1 Å². The molecule has 1 aliphatic heterocycles. The third-order valence-electron chi connectivity index (χ3n) is 4.07. The second-order valence-corrected chi connectivity index (χ2v) is 6.55. The highest BCUT2D eigenvalue weighted by atomic mass is 79.9. The standard InChI is InChI=1S/C16H16BrNO4/c17-10-6-7-12-13(8-10)16(21)18(15(12)20)9-14(19)22-11-4-2-1-3-5-11/h6-8,11H,1-5,9H2. The third kappa shape index (κ3) is 2.92.